The van der Waals surface area contributed by atoms with Crippen LogP contribution < -0.4 is 5.73 Å². The van der Waals surface area contributed by atoms with Gasteiger partial charge in [-0.15, -0.1) is 0 Å². The maximum Gasteiger partial charge on any atom is 0.0934 e. The Balaban J connectivity index is 3.20. The van der Waals surface area contributed by atoms with Gasteiger partial charge in [-0.05, 0) is 18.6 Å². The van der Waals surface area contributed by atoms with Gasteiger partial charge in [0.05, 0.1) is 17.0 Å². The van der Waals surface area contributed by atoms with Crippen molar-refractivity contribution in [1.29, 1.82) is 0 Å². The van der Waals surface area contributed by atoms with E-state index < -0.39 is 0 Å². The molecular formula is C8H9ClN2. The number of nitrogen functional groups attached to an aromatic ring is 1. The molecule has 3 heteroatoms. The van der Waals surface area contributed by atoms with E-state index in [-0.39, 0.29) is 0 Å². The molecule has 0 unspecified atom stereocenters. The number of nitrogens with zero attached hydrogens (tertiary/aromatic N) is 1. The van der Waals surface area contributed by atoms with Crippen molar-refractivity contribution in [2.45, 2.75) is 6.92 Å². The Morgan fingerprint density at radius 3 is 2.82 bits per heavy atom. The summed E-state index contributed by atoms with van der Waals surface area (Å²) in [6.45, 7) is 1.94. The van der Waals surface area contributed by atoms with Crippen LogP contribution in [0.25, 0.3) is 0 Å². The van der Waals surface area contributed by atoms with Crippen LogP contribution in [0, 0.1) is 6.92 Å². The van der Waals surface area contributed by atoms with Gasteiger partial charge in [0.1, 0.15) is 0 Å². The first-order valence-electron chi connectivity index (χ1n) is 3.23. The molecule has 2 nitrogen and oxygen atoms in total. The number of hydrogen-bond acceptors (Lipinski definition) is 2. The van der Waals surface area contributed by atoms with Crippen LogP contribution >= 0.6 is 11.6 Å². The van der Waals surface area contributed by atoms with Gasteiger partial charge in [0, 0.05) is 0 Å². The molecule has 0 aliphatic heterocycles. The van der Waals surface area contributed by atoms with Gasteiger partial charge in [-0.25, -0.2) is 4.99 Å². The number of aliphatic imine (C=N–C) groups is 1. The van der Waals surface area contributed by atoms with Crippen LogP contribution in [-0.4, -0.2) is 5.67 Å². The lowest BCUT2D eigenvalue weighted by Crippen LogP contribution is -1.86. The normalized spacial score (nSPS) is 10.7. The zero-order valence-electron chi connectivity index (χ0n) is 6.21. The molecule has 0 aliphatic carbocycles. The lowest BCUT2D eigenvalue weighted by atomic mass is 10.2. The lowest BCUT2D eigenvalue weighted by molar-refractivity contribution is 1.41. The molecule has 0 bridgehead atoms. The smallest absolute Gasteiger partial charge is 0.0934 e. The molecule has 0 saturated heterocycles. The molecular weight excluding hydrogens is 160 g/mol. The van der Waals surface area contributed by atoms with Crippen LogP contribution in [0.1, 0.15) is 5.56 Å². The Hall–Kier alpha value is -1.02. The monoisotopic (exact) mass is 168 g/mol. The molecule has 1 aromatic rings. The van der Waals surface area contributed by atoms with Gasteiger partial charge < -0.3 is 5.73 Å². The predicted octanol–water partition coefficient (Wildman–Crippen LogP) is 2.48. The van der Waals surface area contributed by atoms with E-state index in [1.54, 1.807) is 6.07 Å². The van der Waals surface area contributed by atoms with Crippen molar-refractivity contribution in [2.75, 3.05) is 5.73 Å². The zero-order chi connectivity index (χ0) is 8.27. The third-order valence-electron chi connectivity index (χ3n) is 1.45. The fraction of sp³-hybridized carbons (Fsp3) is 0.125. The summed E-state index contributed by atoms with van der Waals surface area (Å²) in [5, 5.41) is 0. The van der Waals surface area contributed by atoms with Crippen molar-refractivity contribution >= 4 is 28.6 Å². The fourth-order valence-electron chi connectivity index (χ4n) is 0.907. The van der Waals surface area contributed by atoms with Gasteiger partial charge >= 0.3 is 0 Å². The number of benzene rings is 1. The Labute approximate surface area is 70.7 Å². The third kappa shape index (κ3) is 1.71. The standard InChI is InChI=1S/C8H9ClN2/c1-6-3-2-4-7(10)8(6)11-5-9/h2-5H,10H2,1H3. The Kier molecular flexibility index (Phi) is 2.49. The van der Waals surface area contributed by atoms with Crippen LogP contribution in [0.5, 0.6) is 0 Å². The molecule has 11 heavy (non-hydrogen) atoms. The van der Waals surface area contributed by atoms with Crippen LogP contribution in [0.2, 0.25) is 0 Å². The minimum Gasteiger partial charge on any atom is -0.397 e. The molecule has 1 rings (SSSR count). The van der Waals surface area contributed by atoms with E-state index in [2.05, 4.69) is 4.99 Å². The average molecular weight is 169 g/mol. The third-order valence-corrected chi connectivity index (χ3v) is 1.54. The fourth-order valence-corrected chi connectivity index (χ4v) is 1.00. The van der Waals surface area contributed by atoms with E-state index in [1.165, 1.54) is 5.67 Å². The molecule has 0 saturated carbocycles. The summed E-state index contributed by atoms with van der Waals surface area (Å²) in [5.74, 6) is 0. The van der Waals surface area contributed by atoms with Gasteiger partial charge in [0.2, 0.25) is 0 Å². The minimum atomic E-state index is 0.655. The van der Waals surface area contributed by atoms with Crippen LogP contribution in [-0.2, 0) is 0 Å². The number of aryl methyl sites for hydroxylation is 1. The Morgan fingerprint density at radius 2 is 2.27 bits per heavy atom. The first-order chi connectivity index (χ1) is 5.25. The van der Waals surface area contributed by atoms with E-state index in [9.17, 15) is 0 Å². The van der Waals surface area contributed by atoms with Crippen molar-refractivity contribution in [3.8, 4) is 0 Å². The average Bonchev–Trinajstić information content (AvgIpc) is 1.97. The molecule has 58 valence electrons. The number of halogens is 1. The lowest BCUT2D eigenvalue weighted by Gasteiger charge is -2.01. The van der Waals surface area contributed by atoms with E-state index in [0.29, 0.717) is 5.69 Å². The largest absolute Gasteiger partial charge is 0.397 e. The van der Waals surface area contributed by atoms with E-state index in [0.717, 1.165) is 11.3 Å². The topological polar surface area (TPSA) is 38.4 Å². The number of para-hydroxylation sites is 1. The highest BCUT2D eigenvalue weighted by Crippen LogP contribution is 2.25. The molecule has 0 spiro atoms. The quantitative estimate of drug-likeness (QED) is 0.508. The van der Waals surface area contributed by atoms with Gasteiger partial charge in [0.25, 0.3) is 0 Å². The predicted molar refractivity (Wildman–Crippen MR) is 49.6 cm³/mol. The zero-order valence-corrected chi connectivity index (χ0v) is 6.97. The summed E-state index contributed by atoms with van der Waals surface area (Å²) in [6.07, 6.45) is 0. The number of hydrogen-bond donors (Lipinski definition) is 1. The van der Waals surface area contributed by atoms with Gasteiger partial charge in [-0.3, -0.25) is 0 Å². The summed E-state index contributed by atoms with van der Waals surface area (Å²) in [5.41, 5.74) is 9.29. The van der Waals surface area contributed by atoms with Crippen molar-refractivity contribution in [2.24, 2.45) is 4.99 Å². The molecule has 0 aromatic heterocycles. The van der Waals surface area contributed by atoms with Crippen LogP contribution in [0.15, 0.2) is 23.2 Å². The minimum absolute atomic E-state index is 0.655. The molecule has 0 atom stereocenters. The molecule has 0 radical (unpaired) electrons. The molecule has 0 aliphatic rings. The van der Waals surface area contributed by atoms with Crippen molar-refractivity contribution < 1.29 is 0 Å². The summed E-state index contributed by atoms with van der Waals surface area (Å²) in [6, 6.07) is 5.62. The molecule has 0 heterocycles. The highest BCUT2D eigenvalue weighted by Gasteiger charge is 1.97. The Morgan fingerprint density at radius 1 is 1.55 bits per heavy atom. The second-order valence-corrected chi connectivity index (χ2v) is 2.43. The first-order valence-corrected chi connectivity index (χ1v) is 3.67. The summed E-state index contributed by atoms with van der Waals surface area (Å²) in [7, 11) is 0. The summed E-state index contributed by atoms with van der Waals surface area (Å²) in [4.78, 5) is 3.92. The molecule has 2 N–H and O–H groups in total. The van der Waals surface area contributed by atoms with Gasteiger partial charge in [-0.1, -0.05) is 23.7 Å². The first kappa shape index (κ1) is 8.08. The second kappa shape index (κ2) is 3.39. The second-order valence-electron chi connectivity index (χ2n) is 2.24. The molecule has 0 fully saturated rings. The van der Waals surface area contributed by atoms with E-state index in [4.69, 9.17) is 17.3 Å². The summed E-state index contributed by atoms with van der Waals surface area (Å²) >= 11 is 5.33. The maximum atomic E-state index is 5.64. The van der Waals surface area contributed by atoms with Crippen LogP contribution in [0.3, 0.4) is 0 Å². The van der Waals surface area contributed by atoms with Gasteiger partial charge in [-0.2, -0.15) is 0 Å². The molecule has 0 amide bonds. The van der Waals surface area contributed by atoms with Crippen LogP contribution in [0.4, 0.5) is 11.4 Å². The number of anilines is 1. The van der Waals surface area contributed by atoms with Gasteiger partial charge in [0.15, 0.2) is 0 Å². The SMILES string of the molecule is Cc1cccc(N)c1N=CCl. The number of nitrogens with two attached hydrogens (primary N) is 1. The maximum absolute atomic E-state index is 5.64. The van der Waals surface area contributed by atoms with E-state index in [1.807, 2.05) is 19.1 Å². The summed E-state index contributed by atoms with van der Waals surface area (Å²) < 4.78 is 0. The highest BCUT2D eigenvalue weighted by atomic mass is 35.5. The van der Waals surface area contributed by atoms with E-state index >= 15 is 0 Å². The Bertz CT molecular complexity index is 261. The van der Waals surface area contributed by atoms with Crippen molar-refractivity contribution in [1.82, 2.24) is 0 Å². The van der Waals surface area contributed by atoms with Crippen molar-refractivity contribution in [3.63, 3.8) is 0 Å². The number of rotatable bonds is 1. The van der Waals surface area contributed by atoms with Crippen molar-refractivity contribution in [3.05, 3.63) is 23.8 Å². The highest BCUT2D eigenvalue weighted by molar-refractivity contribution is 6.56. The molecule has 1 aromatic carbocycles.